The van der Waals surface area contributed by atoms with Crippen molar-refractivity contribution >= 4 is 22.8 Å². The third-order valence-corrected chi connectivity index (χ3v) is 7.35. The van der Waals surface area contributed by atoms with Crippen molar-refractivity contribution in [2.45, 2.75) is 45.9 Å². The van der Waals surface area contributed by atoms with Gasteiger partial charge in [0.15, 0.2) is 5.78 Å². The highest BCUT2D eigenvalue weighted by atomic mass is 16.6. The summed E-state index contributed by atoms with van der Waals surface area (Å²) in [7, 11) is 0. The fourth-order valence-electron chi connectivity index (χ4n) is 5.52. The number of ketones is 1. The van der Waals surface area contributed by atoms with Crippen molar-refractivity contribution in [1.82, 2.24) is 15.0 Å². The van der Waals surface area contributed by atoms with E-state index in [-0.39, 0.29) is 29.5 Å². The second-order valence-corrected chi connectivity index (χ2v) is 11.3. The SMILES string of the molecule is CC1(C)CC(=O)C2=C(C1)Nc1ccccc1NC2c1cccc(OCc2cn(Cc3cccc([N+](=O)[O-])c3)nn2)c1. The average molecular weight is 551 g/mol. The lowest BCUT2D eigenvalue weighted by molar-refractivity contribution is -0.384. The zero-order chi connectivity index (χ0) is 28.6. The molecular formula is C31H30N6O4. The van der Waals surface area contributed by atoms with E-state index in [2.05, 4.69) is 34.8 Å². The second kappa shape index (κ2) is 10.5. The lowest BCUT2D eigenvalue weighted by Crippen LogP contribution is -2.31. The van der Waals surface area contributed by atoms with Crippen LogP contribution in [0.1, 0.15) is 49.6 Å². The molecule has 0 amide bonds. The minimum atomic E-state index is -0.416. The maximum absolute atomic E-state index is 13.5. The first-order valence-electron chi connectivity index (χ1n) is 13.5. The van der Waals surface area contributed by atoms with Crippen molar-refractivity contribution in [2.24, 2.45) is 5.41 Å². The van der Waals surface area contributed by atoms with Gasteiger partial charge in [0.2, 0.25) is 0 Å². The van der Waals surface area contributed by atoms with Gasteiger partial charge in [0.05, 0.1) is 35.1 Å². The standard InChI is InChI=1S/C31H30N6O4/c1-31(2)15-27-29(28(38)16-31)30(33-26-12-4-3-11-25(26)32-27)21-8-6-10-24(14-21)41-19-22-18-36(35-34-22)17-20-7-5-9-23(13-20)37(39)40/h3-14,18,30,32-33H,15-17,19H2,1-2H3. The van der Waals surface area contributed by atoms with Crippen LogP contribution >= 0.6 is 0 Å². The number of rotatable bonds is 7. The minimum absolute atomic E-state index is 0.0370. The molecule has 0 radical (unpaired) electrons. The number of nitro groups is 1. The topological polar surface area (TPSA) is 124 Å². The normalized spacial score (nSPS) is 17.5. The van der Waals surface area contributed by atoms with E-state index in [1.54, 1.807) is 16.9 Å². The van der Waals surface area contributed by atoms with Crippen LogP contribution in [0.2, 0.25) is 0 Å². The molecule has 0 saturated carbocycles. The Hall–Kier alpha value is -4.99. The van der Waals surface area contributed by atoms with Crippen molar-refractivity contribution in [3.05, 3.63) is 117 Å². The number of para-hydroxylation sites is 2. The molecule has 1 aromatic heterocycles. The van der Waals surface area contributed by atoms with Gasteiger partial charge in [-0.05, 0) is 47.2 Å². The van der Waals surface area contributed by atoms with Gasteiger partial charge in [-0.1, -0.05) is 55.5 Å². The van der Waals surface area contributed by atoms with E-state index in [1.165, 1.54) is 12.1 Å². The van der Waals surface area contributed by atoms with Crippen LogP contribution in [0.15, 0.2) is 90.3 Å². The van der Waals surface area contributed by atoms with E-state index in [4.69, 9.17) is 4.74 Å². The first kappa shape index (κ1) is 26.2. The first-order valence-corrected chi connectivity index (χ1v) is 13.5. The smallest absolute Gasteiger partial charge is 0.269 e. The maximum atomic E-state index is 13.5. The highest BCUT2D eigenvalue weighted by molar-refractivity contribution is 6.01. The molecular weight excluding hydrogens is 520 g/mol. The third-order valence-electron chi connectivity index (χ3n) is 7.35. The molecule has 0 bridgehead atoms. The summed E-state index contributed by atoms with van der Waals surface area (Å²) in [6, 6.07) is 21.9. The Kier molecular flexibility index (Phi) is 6.74. The Labute approximate surface area is 237 Å². The van der Waals surface area contributed by atoms with E-state index >= 15 is 0 Å². The van der Waals surface area contributed by atoms with E-state index in [1.807, 2.05) is 54.6 Å². The highest BCUT2D eigenvalue weighted by Gasteiger charge is 2.38. The summed E-state index contributed by atoms with van der Waals surface area (Å²) in [6.07, 6.45) is 3.03. The van der Waals surface area contributed by atoms with E-state index < -0.39 is 4.92 Å². The monoisotopic (exact) mass is 550 g/mol. The van der Waals surface area contributed by atoms with Gasteiger partial charge < -0.3 is 15.4 Å². The number of Topliss-reactive ketones (excluding diaryl/α,β-unsaturated/α-hetero) is 1. The van der Waals surface area contributed by atoms with Crippen LogP contribution in [-0.4, -0.2) is 25.7 Å². The lowest BCUT2D eigenvalue weighted by Gasteiger charge is -2.34. The van der Waals surface area contributed by atoms with Crippen LogP contribution in [-0.2, 0) is 17.9 Å². The first-order chi connectivity index (χ1) is 19.7. The number of ether oxygens (including phenoxy) is 1. The second-order valence-electron chi connectivity index (χ2n) is 11.3. The van der Waals surface area contributed by atoms with Gasteiger partial charge in [-0.2, -0.15) is 0 Å². The number of allylic oxidation sites excluding steroid dienone is 1. The molecule has 3 aromatic carbocycles. The van der Waals surface area contributed by atoms with Crippen molar-refractivity contribution in [1.29, 1.82) is 0 Å². The minimum Gasteiger partial charge on any atom is -0.487 e. The molecule has 10 heteroatoms. The van der Waals surface area contributed by atoms with Gasteiger partial charge in [0.25, 0.3) is 5.69 Å². The maximum Gasteiger partial charge on any atom is 0.269 e. The molecule has 208 valence electrons. The molecule has 2 aliphatic rings. The van der Waals surface area contributed by atoms with Crippen LogP contribution in [0.3, 0.4) is 0 Å². The summed E-state index contributed by atoms with van der Waals surface area (Å²) >= 11 is 0. The van der Waals surface area contributed by atoms with Crippen LogP contribution < -0.4 is 15.4 Å². The number of hydrogen-bond acceptors (Lipinski definition) is 8. The Morgan fingerprint density at radius 2 is 1.85 bits per heavy atom. The molecule has 2 heterocycles. The van der Waals surface area contributed by atoms with Crippen LogP contribution in [0.25, 0.3) is 0 Å². The van der Waals surface area contributed by atoms with E-state index in [0.29, 0.717) is 24.4 Å². The van der Waals surface area contributed by atoms with Gasteiger partial charge in [-0.3, -0.25) is 14.9 Å². The molecule has 1 aliphatic carbocycles. The van der Waals surface area contributed by atoms with E-state index in [0.717, 1.165) is 40.2 Å². The van der Waals surface area contributed by atoms with Gasteiger partial charge in [0.1, 0.15) is 18.1 Å². The van der Waals surface area contributed by atoms with Gasteiger partial charge in [0, 0.05) is 29.8 Å². The Morgan fingerprint density at radius 3 is 2.68 bits per heavy atom. The average Bonchev–Trinajstić information content (AvgIpc) is 3.31. The number of benzene rings is 3. The molecule has 0 spiro atoms. The van der Waals surface area contributed by atoms with Crippen molar-refractivity contribution in [3.63, 3.8) is 0 Å². The van der Waals surface area contributed by atoms with E-state index in [9.17, 15) is 14.9 Å². The fraction of sp³-hybridized carbons (Fsp3) is 0.258. The molecule has 2 N–H and O–H groups in total. The zero-order valence-electron chi connectivity index (χ0n) is 22.8. The molecule has 41 heavy (non-hydrogen) atoms. The molecule has 4 aromatic rings. The quantitative estimate of drug-likeness (QED) is 0.211. The summed E-state index contributed by atoms with van der Waals surface area (Å²) in [5, 5.41) is 26.6. The molecule has 6 rings (SSSR count). The number of nitrogens with zero attached hydrogens (tertiary/aromatic N) is 4. The van der Waals surface area contributed by atoms with Gasteiger partial charge in [-0.15, -0.1) is 5.10 Å². The summed E-state index contributed by atoms with van der Waals surface area (Å²) < 4.78 is 7.71. The number of anilines is 2. The summed E-state index contributed by atoms with van der Waals surface area (Å²) in [4.78, 5) is 24.1. The Morgan fingerprint density at radius 1 is 1.05 bits per heavy atom. The largest absolute Gasteiger partial charge is 0.487 e. The number of non-ortho nitro benzene ring substituents is 1. The van der Waals surface area contributed by atoms with Crippen molar-refractivity contribution in [2.75, 3.05) is 10.6 Å². The van der Waals surface area contributed by atoms with Gasteiger partial charge in [-0.25, -0.2) is 4.68 Å². The van der Waals surface area contributed by atoms with Crippen LogP contribution in [0.4, 0.5) is 17.1 Å². The summed E-state index contributed by atoms with van der Waals surface area (Å²) in [5.74, 6) is 0.787. The predicted molar refractivity (Wildman–Crippen MR) is 154 cm³/mol. The van der Waals surface area contributed by atoms with Crippen LogP contribution in [0, 0.1) is 15.5 Å². The summed E-state index contributed by atoms with van der Waals surface area (Å²) in [5.41, 5.74) is 5.84. The number of fused-ring (bicyclic) bond motifs is 1. The Bertz CT molecular complexity index is 1670. The number of nitro benzene ring substituents is 1. The molecule has 1 atom stereocenters. The summed E-state index contributed by atoms with van der Waals surface area (Å²) in [6.45, 7) is 4.81. The number of nitrogens with one attached hydrogen (secondary N) is 2. The predicted octanol–water partition coefficient (Wildman–Crippen LogP) is 6.04. The van der Waals surface area contributed by atoms with Gasteiger partial charge >= 0.3 is 0 Å². The molecule has 1 unspecified atom stereocenters. The highest BCUT2D eigenvalue weighted by Crippen LogP contribution is 2.45. The molecule has 0 fully saturated rings. The number of carbonyl (C=O) groups excluding carboxylic acids is 1. The number of hydrogen-bond donors (Lipinski definition) is 2. The molecule has 10 nitrogen and oxygen atoms in total. The Balaban J connectivity index is 1.21. The van der Waals surface area contributed by atoms with Crippen LogP contribution in [0.5, 0.6) is 5.75 Å². The molecule has 1 aliphatic heterocycles. The number of aromatic nitrogens is 3. The van der Waals surface area contributed by atoms with Crippen molar-refractivity contribution < 1.29 is 14.5 Å². The number of carbonyl (C=O) groups is 1. The fourth-order valence-corrected chi connectivity index (χ4v) is 5.52. The third kappa shape index (κ3) is 5.67. The lowest BCUT2D eigenvalue weighted by atomic mass is 9.73. The van der Waals surface area contributed by atoms with Crippen molar-refractivity contribution in [3.8, 4) is 5.75 Å². The zero-order valence-corrected chi connectivity index (χ0v) is 22.8. The molecule has 0 saturated heterocycles.